The van der Waals surface area contributed by atoms with Crippen LogP contribution in [0.5, 0.6) is 5.75 Å². The number of ether oxygens (including phenoxy) is 2. The molecule has 0 bridgehead atoms. The lowest BCUT2D eigenvalue weighted by Crippen LogP contribution is -2.39. The molecular formula is C24H28BrN3O4. The molecule has 0 radical (unpaired) electrons. The van der Waals surface area contributed by atoms with Gasteiger partial charge in [0.05, 0.1) is 20.3 Å². The van der Waals surface area contributed by atoms with Crippen LogP contribution in [0.15, 0.2) is 58.7 Å². The van der Waals surface area contributed by atoms with Crippen LogP contribution < -0.4 is 15.4 Å². The zero-order valence-electron chi connectivity index (χ0n) is 18.1. The van der Waals surface area contributed by atoms with Crippen molar-refractivity contribution < 1.29 is 19.1 Å². The summed E-state index contributed by atoms with van der Waals surface area (Å²) in [6.07, 6.45) is 2.48. The maximum atomic E-state index is 12.9. The lowest BCUT2D eigenvalue weighted by atomic mass is 10.1. The second kappa shape index (κ2) is 12.4. The lowest BCUT2D eigenvalue weighted by molar-refractivity contribution is -0.117. The van der Waals surface area contributed by atoms with Gasteiger partial charge in [-0.1, -0.05) is 34.1 Å². The topological polar surface area (TPSA) is 79.9 Å². The Balaban J connectivity index is 1.66. The van der Waals surface area contributed by atoms with E-state index in [0.29, 0.717) is 12.1 Å². The standard InChI is InChI=1S/C24H28BrN3O4/c1-31-21-8-6-18(7-9-21)16-22(27-23(29)19-4-2-5-20(25)17-19)24(30)26-10-3-11-28-12-14-32-15-13-28/h2,4-9,16-17H,3,10-15H2,1H3,(H,26,30)(H,27,29). The highest BCUT2D eigenvalue weighted by atomic mass is 79.9. The van der Waals surface area contributed by atoms with Crippen molar-refractivity contribution in [2.45, 2.75) is 6.42 Å². The number of benzene rings is 2. The van der Waals surface area contributed by atoms with E-state index in [1.165, 1.54) is 0 Å². The maximum absolute atomic E-state index is 12.9. The molecule has 1 fully saturated rings. The van der Waals surface area contributed by atoms with Crippen molar-refractivity contribution in [1.29, 1.82) is 0 Å². The maximum Gasteiger partial charge on any atom is 0.267 e. The van der Waals surface area contributed by atoms with E-state index in [9.17, 15) is 9.59 Å². The van der Waals surface area contributed by atoms with Gasteiger partial charge in [-0.05, 0) is 54.9 Å². The molecule has 0 atom stereocenters. The van der Waals surface area contributed by atoms with E-state index in [4.69, 9.17) is 9.47 Å². The minimum atomic E-state index is -0.352. The van der Waals surface area contributed by atoms with E-state index in [1.807, 2.05) is 18.2 Å². The van der Waals surface area contributed by atoms with Crippen LogP contribution in [0.3, 0.4) is 0 Å². The van der Waals surface area contributed by atoms with E-state index in [2.05, 4.69) is 31.5 Å². The molecule has 0 spiro atoms. The Hall–Kier alpha value is -2.68. The fourth-order valence-corrected chi connectivity index (χ4v) is 3.67. The molecule has 1 heterocycles. The Labute approximate surface area is 196 Å². The minimum absolute atomic E-state index is 0.187. The normalized spacial score (nSPS) is 14.6. The molecule has 2 N–H and O–H groups in total. The van der Waals surface area contributed by atoms with Gasteiger partial charge in [-0.15, -0.1) is 0 Å². The lowest BCUT2D eigenvalue weighted by Gasteiger charge is -2.26. The van der Waals surface area contributed by atoms with Crippen LogP contribution in [0.25, 0.3) is 6.08 Å². The number of hydrogen-bond acceptors (Lipinski definition) is 5. The van der Waals surface area contributed by atoms with E-state index in [1.54, 1.807) is 43.5 Å². The Morgan fingerprint density at radius 2 is 1.91 bits per heavy atom. The van der Waals surface area contributed by atoms with Crippen molar-refractivity contribution in [1.82, 2.24) is 15.5 Å². The summed E-state index contributed by atoms with van der Waals surface area (Å²) >= 11 is 3.37. The van der Waals surface area contributed by atoms with Crippen molar-refractivity contribution in [2.75, 3.05) is 46.5 Å². The molecule has 8 heteroatoms. The molecular weight excluding hydrogens is 474 g/mol. The first-order valence-corrected chi connectivity index (χ1v) is 11.4. The summed E-state index contributed by atoms with van der Waals surface area (Å²) in [6.45, 7) is 4.75. The first kappa shape index (κ1) is 24.0. The van der Waals surface area contributed by atoms with Gasteiger partial charge in [0.15, 0.2) is 0 Å². The van der Waals surface area contributed by atoms with Crippen LogP contribution in [0.1, 0.15) is 22.3 Å². The van der Waals surface area contributed by atoms with E-state index < -0.39 is 0 Å². The average Bonchev–Trinajstić information content (AvgIpc) is 2.82. The number of methoxy groups -OCH3 is 1. The second-order valence-corrected chi connectivity index (χ2v) is 8.27. The molecule has 0 aliphatic carbocycles. The molecule has 0 aromatic heterocycles. The van der Waals surface area contributed by atoms with Gasteiger partial charge in [-0.2, -0.15) is 0 Å². The predicted octanol–water partition coefficient (Wildman–Crippen LogP) is 3.07. The molecule has 32 heavy (non-hydrogen) atoms. The zero-order chi connectivity index (χ0) is 22.8. The molecule has 0 saturated carbocycles. The Kier molecular flexibility index (Phi) is 9.27. The summed E-state index contributed by atoms with van der Waals surface area (Å²) in [4.78, 5) is 28.0. The summed E-state index contributed by atoms with van der Waals surface area (Å²) in [6, 6.07) is 14.3. The fourth-order valence-electron chi connectivity index (χ4n) is 3.27. The van der Waals surface area contributed by atoms with E-state index in [-0.39, 0.29) is 17.5 Å². The summed E-state index contributed by atoms with van der Waals surface area (Å²) in [5.74, 6) is 0.0371. The molecule has 7 nitrogen and oxygen atoms in total. The number of hydrogen-bond donors (Lipinski definition) is 2. The number of carbonyl (C=O) groups is 2. The number of morpholine rings is 1. The Bertz CT molecular complexity index is 941. The van der Waals surface area contributed by atoms with Crippen molar-refractivity contribution in [3.8, 4) is 5.75 Å². The van der Waals surface area contributed by atoms with Crippen molar-refractivity contribution >= 4 is 33.8 Å². The number of nitrogens with one attached hydrogen (secondary N) is 2. The number of rotatable bonds is 9. The summed E-state index contributed by atoms with van der Waals surface area (Å²) < 4.78 is 11.3. The highest BCUT2D eigenvalue weighted by Crippen LogP contribution is 2.15. The van der Waals surface area contributed by atoms with Gasteiger partial charge in [0.2, 0.25) is 0 Å². The predicted molar refractivity (Wildman–Crippen MR) is 127 cm³/mol. The zero-order valence-corrected chi connectivity index (χ0v) is 19.7. The van der Waals surface area contributed by atoms with Gasteiger partial charge < -0.3 is 20.1 Å². The van der Waals surface area contributed by atoms with Gasteiger partial charge >= 0.3 is 0 Å². The van der Waals surface area contributed by atoms with Gasteiger partial charge in [-0.3, -0.25) is 14.5 Å². The molecule has 2 aromatic rings. The smallest absolute Gasteiger partial charge is 0.267 e. The van der Waals surface area contributed by atoms with Crippen LogP contribution in [-0.2, 0) is 9.53 Å². The van der Waals surface area contributed by atoms with Crippen LogP contribution in [-0.4, -0.2) is 63.2 Å². The third-order valence-electron chi connectivity index (χ3n) is 5.05. The van der Waals surface area contributed by atoms with Crippen LogP contribution in [0.4, 0.5) is 0 Å². The molecule has 1 aliphatic heterocycles. The van der Waals surface area contributed by atoms with Crippen LogP contribution in [0.2, 0.25) is 0 Å². The monoisotopic (exact) mass is 501 g/mol. The van der Waals surface area contributed by atoms with Gasteiger partial charge in [-0.25, -0.2) is 0 Å². The summed E-state index contributed by atoms with van der Waals surface area (Å²) in [5, 5.41) is 5.68. The first-order valence-electron chi connectivity index (χ1n) is 10.6. The molecule has 1 saturated heterocycles. The SMILES string of the molecule is COc1ccc(C=C(NC(=O)c2cccc(Br)c2)C(=O)NCCCN2CCOCC2)cc1. The highest BCUT2D eigenvalue weighted by molar-refractivity contribution is 9.10. The average molecular weight is 502 g/mol. The minimum Gasteiger partial charge on any atom is -0.497 e. The third kappa shape index (κ3) is 7.47. The Morgan fingerprint density at radius 1 is 1.16 bits per heavy atom. The van der Waals surface area contributed by atoms with Gasteiger partial charge in [0.25, 0.3) is 11.8 Å². The van der Waals surface area contributed by atoms with Crippen molar-refractivity contribution in [2.24, 2.45) is 0 Å². The van der Waals surface area contributed by atoms with Crippen molar-refractivity contribution in [3.63, 3.8) is 0 Å². The Morgan fingerprint density at radius 3 is 2.59 bits per heavy atom. The summed E-state index contributed by atoms with van der Waals surface area (Å²) in [5.41, 5.74) is 1.42. The molecule has 2 aromatic carbocycles. The number of nitrogens with zero attached hydrogens (tertiary/aromatic N) is 1. The molecule has 1 aliphatic rings. The van der Waals surface area contributed by atoms with Crippen molar-refractivity contribution in [3.05, 3.63) is 69.8 Å². The fraction of sp³-hybridized carbons (Fsp3) is 0.333. The largest absolute Gasteiger partial charge is 0.497 e. The number of amides is 2. The van der Waals surface area contributed by atoms with E-state index >= 15 is 0 Å². The summed E-state index contributed by atoms with van der Waals surface area (Å²) in [7, 11) is 1.60. The van der Waals surface area contributed by atoms with Crippen LogP contribution >= 0.6 is 15.9 Å². The van der Waals surface area contributed by atoms with Gasteiger partial charge in [0, 0.05) is 29.7 Å². The number of halogens is 1. The molecule has 0 unspecified atom stereocenters. The molecule has 170 valence electrons. The third-order valence-corrected chi connectivity index (χ3v) is 5.54. The van der Waals surface area contributed by atoms with E-state index in [0.717, 1.165) is 55.1 Å². The van der Waals surface area contributed by atoms with Gasteiger partial charge in [0.1, 0.15) is 11.4 Å². The quantitative estimate of drug-likeness (QED) is 0.407. The highest BCUT2D eigenvalue weighted by Gasteiger charge is 2.15. The van der Waals surface area contributed by atoms with Crippen LogP contribution in [0, 0.1) is 0 Å². The molecule has 3 rings (SSSR count). The second-order valence-electron chi connectivity index (χ2n) is 7.36. The first-order chi connectivity index (χ1) is 15.5. The molecule has 2 amide bonds. The number of carbonyl (C=O) groups excluding carboxylic acids is 2.